The SMILES string of the molecule is COCCNCc1ccc(CCC(=O)NCCN2CCCCC2)cc1. The van der Waals surface area contributed by atoms with Crippen LogP contribution in [0, 0.1) is 0 Å². The lowest BCUT2D eigenvalue weighted by Crippen LogP contribution is -2.37. The first-order valence-electron chi connectivity index (χ1n) is 9.54. The third-order valence-electron chi connectivity index (χ3n) is 4.67. The zero-order valence-corrected chi connectivity index (χ0v) is 15.6. The maximum Gasteiger partial charge on any atom is 0.220 e. The van der Waals surface area contributed by atoms with Crippen molar-refractivity contribution in [2.24, 2.45) is 0 Å². The summed E-state index contributed by atoms with van der Waals surface area (Å²) in [6.07, 6.45) is 5.31. The predicted octanol–water partition coefficient (Wildman–Crippen LogP) is 1.96. The number of benzene rings is 1. The molecule has 0 atom stereocenters. The Morgan fingerprint density at radius 1 is 1.08 bits per heavy atom. The van der Waals surface area contributed by atoms with E-state index in [1.54, 1.807) is 7.11 Å². The molecule has 1 saturated heterocycles. The van der Waals surface area contributed by atoms with E-state index >= 15 is 0 Å². The molecule has 0 radical (unpaired) electrons. The first-order valence-corrected chi connectivity index (χ1v) is 9.54. The van der Waals surface area contributed by atoms with Crippen LogP contribution in [-0.4, -0.2) is 57.2 Å². The van der Waals surface area contributed by atoms with E-state index in [1.807, 2.05) is 0 Å². The van der Waals surface area contributed by atoms with Gasteiger partial charge in [0.15, 0.2) is 0 Å². The van der Waals surface area contributed by atoms with Gasteiger partial charge in [-0.05, 0) is 43.5 Å². The maximum absolute atomic E-state index is 12.0. The summed E-state index contributed by atoms with van der Waals surface area (Å²) in [5, 5.41) is 6.38. The van der Waals surface area contributed by atoms with Crippen LogP contribution in [0.15, 0.2) is 24.3 Å². The fraction of sp³-hybridized carbons (Fsp3) is 0.650. The molecule has 1 amide bonds. The summed E-state index contributed by atoms with van der Waals surface area (Å²) in [7, 11) is 1.71. The van der Waals surface area contributed by atoms with E-state index in [9.17, 15) is 4.79 Å². The molecular formula is C20H33N3O2. The van der Waals surface area contributed by atoms with Crippen LogP contribution in [0.25, 0.3) is 0 Å². The zero-order valence-electron chi connectivity index (χ0n) is 15.6. The minimum Gasteiger partial charge on any atom is -0.383 e. The van der Waals surface area contributed by atoms with Crippen molar-refractivity contribution in [3.05, 3.63) is 35.4 Å². The molecule has 1 aliphatic heterocycles. The summed E-state index contributed by atoms with van der Waals surface area (Å²) < 4.78 is 5.01. The summed E-state index contributed by atoms with van der Waals surface area (Å²) in [6, 6.07) is 8.50. The Kier molecular flexibility index (Phi) is 9.55. The maximum atomic E-state index is 12.0. The van der Waals surface area contributed by atoms with E-state index in [0.717, 1.165) is 39.2 Å². The van der Waals surface area contributed by atoms with E-state index < -0.39 is 0 Å². The van der Waals surface area contributed by atoms with Gasteiger partial charge in [0.1, 0.15) is 0 Å². The van der Waals surface area contributed by atoms with E-state index in [1.165, 1.54) is 43.5 Å². The largest absolute Gasteiger partial charge is 0.383 e. The van der Waals surface area contributed by atoms with Gasteiger partial charge in [0.2, 0.25) is 5.91 Å². The molecule has 140 valence electrons. The molecule has 0 saturated carbocycles. The Morgan fingerprint density at radius 2 is 1.80 bits per heavy atom. The lowest BCUT2D eigenvalue weighted by molar-refractivity contribution is -0.121. The summed E-state index contributed by atoms with van der Waals surface area (Å²) in [6.45, 7) is 6.55. The number of nitrogens with zero attached hydrogens (tertiary/aromatic N) is 1. The summed E-state index contributed by atoms with van der Waals surface area (Å²) in [5.41, 5.74) is 2.47. The monoisotopic (exact) mass is 347 g/mol. The summed E-state index contributed by atoms with van der Waals surface area (Å²) >= 11 is 0. The summed E-state index contributed by atoms with van der Waals surface area (Å²) in [5.74, 6) is 0.155. The molecule has 2 N–H and O–H groups in total. The van der Waals surface area contributed by atoms with Gasteiger partial charge in [0, 0.05) is 39.7 Å². The van der Waals surface area contributed by atoms with Crippen LogP contribution < -0.4 is 10.6 Å². The molecule has 5 nitrogen and oxygen atoms in total. The Balaban J connectivity index is 1.57. The molecule has 0 aromatic heterocycles. The van der Waals surface area contributed by atoms with Crippen LogP contribution in [0.3, 0.4) is 0 Å². The normalized spacial score (nSPS) is 15.2. The number of piperidine rings is 1. The van der Waals surface area contributed by atoms with Gasteiger partial charge in [-0.25, -0.2) is 0 Å². The molecule has 1 aromatic carbocycles. The molecule has 0 unspecified atom stereocenters. The van der Waals surface area contributed by atoms with E-state index in [4.69, 9.17) is 4.74 Å². The standard InChI is InChI=1S/C20H33N3O2/c1-25-16-12-21-17-19-7-5-18(6-8-19)9-10-20(24)22-11-15-23-13-3-2-4-14-23/h5-8,21H,2-4,9-17H2,1H3,(H,22,24). The third-order valence-corrected chi connectivity index (χ3v) is 4.67. The fourth-order valence-electron chi connectivity index (χ4n) is 3.11. The first kappa shape index (κ1) is 19.9. The van der Waals surface area contributed by atoms with Crippen molar-refractivity contribution in [1.29, 1.82) is 0 Å². The number of likely N-dealkylation sites (tertiary alicyclic amines) is 1. The van der Waals surface area contributed by atoms with Gasteiger partial charge in [0.05, 0.1) is 6.61 Å². The number of rotatable bonds is 11. The van der Waals surface area contributed by atoms with Crippen molar-refractivity contribution in [3.63, 3.8) is 0 Å². The molecule has 1 heterocycles. The second-order valence-corrected chi connectivity index (χ2v) is 6.74. The van der Waals surface area contributed by atoms with Crippen molar-refractivity contribution in [2.75, 3.05) is 46.4 Å². The Hall–Kier alpha value is -1.43. The molecule has 0 bridgehead atoms. The van der Waals surface area contributed by atoms with Crippen LogP contribution >= 0.6 is 0 Å². The van der Waals surface area contributed by atoms with Crippen LogP contribution in [0.5, 0.6) is 0 Å². The van der Waals surface area contributed by atoms with Crippen LogP contribution in [-0.2, 0) is 22.5 Å². The van der Waals surface area contributed by atoms with Crippen molar-refractivity contribution in [2.45, 2.75) is 38.6 Å². The lowest BCUT2D eigenvalue weighted by atomic mass is 10.1. The third kappa shape index (κ3) is 8.47. The van der Waals surface area contributed by atoms with Crippen molar-refractivity contribution in [1.82, 2.24) is 15.5 Å². The first-order chi connectivity index (χ1) is 12.3. The molecular weight excluding hydrogens is 314 g/mol. The number of amides is 1. The molecule has 1 aromatic rings. The number of aryl methyl sites for hydroxylation is 1. The number of ether oxygens (including phenoxy) is 1. The van der Waals surface area contributed by atoms with Gasteiger partial charge in [-0.15, -0.1) is 0 Å². The topological polar surface area (TPSA) is 53.6 Å². The van der Waals surface area contributed by atoms with Crippen molar-refractivity contribution < 1.29 is 9.53 Å². The van der Waals surface area contributed by atoms with Gasteiger partial charge in [-0.3, -0.25) is 4.79 Å². The van der Waals surface area contributed by atoms with Gasteiger partial charge in [-0.2, -0.15) is 0 Å². The highest BCUT2D eigenvalue weighted by Crippen LogP contribution is 2.08. The number of carbonyl (C=O) groups excluding carboxylic acids is 1. The van der Waals surface area contributed by atoms with E-state index in [2.05, 4.69) is 39.8 Å². The molecule has 1 fully saturated rings. The second-order valence-electron chi connectivity index (χ2n) is 6.74. The smallest absolute Gasteiger partial charge is 0.220 e. The molecule has 2 rings (SSSR count). The fourth-order valence-corrected chi connectivity index (χ4v) is 3.11. The molecule has 1 aliphatic rings. The van der Waals surface area contributed by atoms with Crippen LogP contribution in [0.2, 0.25) is 0 Å². The van der Waals surface area contributed by atoms with E-state index in [0.29, 0.717) is 6.42 Å². The quantitative estimate of drug-likeness (QED) is 0.601. The van der Waals surface area contributed by atoms with Gasteiger partial charge in [-0.1, -0.05) is 30.7 Å². The Labute approximate surface area is 152 Å². The molecule has 0 spiro atoms. The van der Waals surface area contributed by atoms with Crippen LogP contribution in [0.4, 0.5) is 0 Å². The molecule has 0 aliphatic carbocycles. The zero-order chi connectivity index (χ0) is 17.7. The highest BCUT2D eigenvalue weighted by atomic mass is 16.5. The number of nitrogens with one attached hydrogen (secondary N) is 2. The predicted molar refractivity (Wildman–Crippen MR) is 102 cm³/mol. The van der Waals surface area contributed by atoms with Crippen molar-refractivity contribution >= 4 is 5.91 Å². The lowest BCUT2D eigenvalue weighted by Gasteiger charge is -2.26. The van der Waals surface area contributed by atoms with Gasteiger partial charge in [0.25, 0.3) is 0 Å². The van der Waals surface area contributed by atoms with Gasteiger partial charge < -0.3 is 20.3 Å². The molecule has 5 heteroatoms. The number of carbonyl (C=O) groups is 1. The van der Waals surface area contributed by atoms with Gasteiger partial charge >= 0.3 is 0 Å². The molecule has 25 heavy (non-hydrogen) atoms. The second kappa shape index (κ2) is 12.0. The highest BCUT2D eigenvalue weighted by molar-refractivity contribution is 5.76. The van der Waals surface area contributed by atoms with E-state index in [-0.39, 0.29) is 5.91 Å². The average molecular weight is 348 g/mol. The average Bonchev–Trinajstić information content (AvgIpc) is 2.65. The number of hydrogen-bond acceptors (Lipinski definition) is 4. The van der Waals surface area contributed by atoms with Crippen LogP contribution in [0.1, 0.15) is 36.8 Å². The Bertz CT molecular complexity index is 484. The Morgan fingerprint density at radius 3 is 2.52 bits per heavy atom. The summed E-state index contributed by atoms with van der Waals surface area (Å²) in [4.78, 5) is 14.4. The van der Waals surface area contributed by atoms with Crippen molar-refractivity contribution in [3.8, 4) is 0 Å². The minimum atomic E-state index is 0.155. The number of methoxy groups -OCH3 is 1. The number of hydrogen-bond donors (Lipinski definition) is 2. The highest BCUT2D eigenvalue weighted by Gasteiger charge is 2.09. The minimum absolute atomic E-state index is 0.155.